The number of aliphatic hydroxyl groups is 1. The standard InChI is InChI=1S/C10H12O3S/c11-8-2-1-3-9-7(8)4-6(14-9)5-10(12)13/h4,8,11H,1-3,5H2,(H,12,13). The van der Waals surface area contributed by atoms with E-state index in [2.05, 4.69) is 0 Å². The molecule has 1 aliphatic rings. The summed E-state index contributed by atoms with van der Waals surface area (Å²) in [5, 5.41) is 18.3. The fourth-order valence-corrected chi connectivity index (χ4v) is 3.08. The minimum absolute atomic E-state index is 0.0738. The van der Waals surface area contributed by atoms with Gasteiger partial charge in [-0.1, -0.05) is 0 Å². The van der Waals surface area contributed by atoms with Crippen molar-refractivity contribution in [3.63, 3.8) is 0 Å². The molecule has 0 amide bonds. The Labute approximate surface area is 86.0 Å². The minimum atomic E-state index is -0.807. The molecular formula is C10H12O3S. The first-order chi connectivity index (χ1) is 6.66. The summed E-state index contributed by atoms with van der Waals surface area (Å²) in [6, 6.07) is 1.85. The van der Waals surface area contributed by atoms with Crippen molar-refractivity contribution >= 4 is 17.3 Å². The van der Waals surface area contributed by atoms with Crippen molar-refractivity contribution in [1.82, 2.24) is 0 Å². The zero-order valence-corrected chi connectivity index (χ0v) is 8.51. The molecule has 0 radical (unpaired) electrons. The maximum Gasteiger partial charge on any atom is 0.308 e. The largest absolute Gasteiger partial charge is 0.481 e. The monoisotopic (exact) mass is 212 g/mol. The highest BCUT2D eigenvalue weighted by atomic mass is 32.1. The number of hydrogen-bond acceptors (Lipinski definition) is 3. The summed E-state index contributed by atoms with van der Waals surface area (Å²) >= 11 is 1.53. The number of aliphatic carboxylic acids is 1. The number of thiophene rings is 1. The van der Waals surface area contributed by atoms with Crippen LogP contribution in [0.5, 0.6) is 0 Å². The van der Waals surface area contributed by atoms with Gasteiger partial charge in [0.15, 0.2) is 0 Å². The van der Waals surface area contributed by atoms with Crippen molar-refractivity contribution < 1.29 is 15.0 Å². The third kappa shape index (κ3) is 1.81. The van der Waals surface area contributed by atoms with Crippen molar-refractivity contribution in [2.75, 3.05) is 0 Å². The van der Waals surface area contributed by atoms with Gasteiger partial charge in [-0.3, -0.25) is 4.79 Å². The molecule has 1 aromatic heterocycles. The second kappa shape index (κ2) is 3.71. The fraction of sp³-hybridized carbons (Fsp3) is 0.500. The van der Waals surface area contributed by atoms with Gasteiger partial charge in [-0.05, 0) is 30.9 Å². The van der Waals surface area contributed by atoms with Crippen molar-refractivity contribution in [1.29, 1.82) is 0 Å². The van der Waals surface area contributed by atoms with E-state index in [1.54, 1.807) is 0 Å². The summed E-state index contributed by atoms with van der Waals surface area (Å²) in [6.07, 6.45) is 2.48. The predicted molar refractivity (Wildman–Crippen MR) is 53.6 cm³/mol. The van der Waals surface area contributed by atoms with Crippen molar-refractivity contribution in [3.8, 4) is 0 Å². The quantitative estimate of drug-likeness (QED) is 0.785. The molecule has 1 atom stereocenters. The van der Waals surface area contributed by atoms with Crippen LogP contribution in [-0.2, 0) is 17.6 Å². The topological polar surface area (TPSA) is 57.5 Å². The van der Waals surface area contributed by atoms with E-state index in [-0.39, 0.29) is 12.5 Å². The molecule has 1 aliphatic carbocycles. The van der Waals surface area contributed by atoms with Crippen LogP contribution in [0.25, 0.3) is 0 Å². The summed E-state index contributed by atoms with van der Waals surface area (Å²) < 4.78 is 0. The highest BCUT2D eigenvalue weighted by Crippen LogP contribution is 2.35. The SMILES string of the molecule is O=C(O)Cc1cc2c(s1)CCCC2O. The highest BCUT2D eigenvalue weighted by molar-refractivity contribution is 7.12. The Bertz CT molecular complexity index is 356. The van der Waals surface area contributed by atoms with E-state index in [1.807, 2.05) is 6.07 Å². The summed E-state index contributed by atoms with van der Waals surface area (Å²) in [5.41, 5.74) is 0.956. The molecule has 76 valence electrons. The molecule has 2 rings (SSSR count). The molecule has 1 aromatic rings. The molecule has 3 nitrogen and oxygen atoms in total. The Morgan fingerprint density at radius 2 is 2.43 bits per heavy atom. The van der Waals surface area contributed by atoms with Crippen molar-refractivity contribution in [3.05, 3.63) is 21.4 Å². The summed E-state index contributed by atoms with van der Waals surface area (Å²) in [7, 11) is 0. The summed E-state index contributed by atoms with van der Waals surface area (Å²) in [5.74, 6) is -0.807. The first kappa shape index (κ1) is 9.68. The molecule has 0 fully saturated rings. The van der Waals surface area contributed by atoms with Crippen LogP contribution in [0.3, 0.4) is 0 Å². The normalized spacial score (nSPS) is 20.5. The van der Waals surface area contributed by atoms with Gasteiger partial charge in [-0.15, -0.1) is 11.3 Å². The number of carbonyl (C=O) groups is 1. The lowest BCUT2D eigenvalue weighted by Gasteiger charge is -2.16. The van der Waals surface area contributed by atoms with Gasteiger partial charge in [0, 0.05) is 9.75 Å². The second-order valence-electron chi connectivity index (χ2n) is 3.57. The van der Waals surface area contributed by atoms with Gasteiger partial charge >= 0.3 is 5.97 Å². The smallest absolute Gasteiger partial charge is 0.308 e. The van der Waals surface area contributed by atoms with E-state index in [0.717, 1.165) is 29.7 Å². The maximum absolute atomic E-state index is 10.5. The summed E-state index contributed by atoms with van der Waals surface area (Å²) in [6.45, 7) is 0. The van der Waals surface area contributed by atoms with Gasteiger partial charge in [0.1, 0.15) is 0 Å². The first-order valence-corrected chi connectivity index (χ1v) is 5.50. The number of carboxylic acid groups (broad SMARTS) is 1. The molecule has 2 N–H and O–H groups in total. The van der Waals surface area contributed by atoms with E-state index in [1.165, 1.54) is 16.2 Å². The Morgan fingerprint density at radius 1 is 1.64 bits per heavy atom. The molecule has 0 aliphatic heterocycles. The third-order valence-corrected chi connectivity index (χ3v) is 3.67. The lowest BCUT2D eigenvalue weighted by atomic mass is 9.96. The average Bonchev–Trinajstić information content (AvgIpc) is 2.47. The molecule has 0 saturated carbocycles. The van der Waals surface area contributed by atoms with Gasteiger partial charge < -0.3 is 10.2 Å². The Kier molecular flexibility index (Phi) is 2.56. The van der Waals surface area contributed by atoms with Gasteiger partial charge in [0.05, 0.1) is 12.5 Å². The van der Waals surface area contributed by atoms with Crippen molar-refractivity contribution in [2.24, 2.45) is 0 Å². The van der Waals surface area contributed by atoms with E-state index in [0.29, 0.717) is 0 Å². The van der Waals surface area contributed by atoms with E-state index < -0.39 is 5.97 Å². The minimum Gasteiger partial charge on any atom is -0.481 e. The Hall–Kier alpha value is -0.870. The van der Waals surface area contributed by atoms with Crippen molar-refractivity contribution in [2.45, 2.75) is 31.8 Å². The van der Waals surface area contributed by atoms with Gasteiger partial charge in [-0.25, -0.2) is 0 Å². The van der Waals surface area contributed by atoms with Crippen LogP contribution in [-0.4, -0.2) is 16.2 Å². The molecule has 0 aromatic carbocycles. The van der Waals surface area contributed by atoms with E-state index in [9.17, 15) is 9.90 Å². The molecular weight excluding hydrogens is 200 g/mol. The molecule has 4 heteroatoms. The zero-order chi connectivity index (χ0) is 10.1. The Balaban J connectivity index is 2.26. The number of fused-ring (bicyclic) bond motifs is 1. The Morgan fingerprint density at radius 3 is 3.07 bits per heavy atom. The number of carboxylic acids is 1. The fourth-order valence-electron chi connectivity index (χ4n) is 1.83. The third-order valence-electron chi connectivity index (χ3n) is 2.46. The second-order valence-corrected chi connectivity index (χ2v) is 4.79. The van der Waals surface area contributed by atoms with Crippen LogP contribution in [0.2, 0.25) is 0 Å². The van der Waals surface area contributed by atoms with Crippen LogP contribution in [0.15, 0.2) is 6.07 Å². The number of aliphatic hydroxyl groups excluding tert-OH is 1. The lowest BCUT2D eigenvalue weighted by molar-refractivity contribution is -0.136. The summed E-state index contributed by atoms with van der Waals surface area (Å²) in [4.78, 5) is 12.5. The first-order valence-electron chi connectivity index (χ1n) is 4.68. The van der Waals surface area contributed by atoms with Gasteiger partial charge in [-0.2, -0.15) is 0 Å². The van der Waals surface area contributed by atoms with Gasteiger partial charge in [0.2, 0.25) is 0 Å². The highest BCUT2D eigenvalue weighted by Gasteiger charge is 2.21. The number of hydrogen-bond donors (Lipinski definition) is 2. The molecule has 0 bridgehead atoms. The molecule has 1 unspecified atom stereocenters. The number of aryl methyl sites for hydroxylation is 1. The van der Waals surface area contributed by atoms with Crippen LogP contribution in [0.1, 0.15) is 34.3 Å². The molecule has 0 saturated heterocycles. The lowest BCUT2D eigenvalue weighted by Crippen LogP contribution is -2.05. The van der Waals surface area contributed by atoms with Gasteiger partial charge in [0.25, 0.3) is 0 Å². The zero-order valence-electron chi connectivity index (χ0n) is 7.69. The number of rotatable bonds is 2. The van der Waals surface area contributed by atoms with E-state index in [4.69, 9.17) is 5.11 Å². The predicted octanol–water partition coefficient (Wildman–Crippen LogP) is 1.74. The molecule has 0 spiro atoms. The van der Waals surface area contributed by atoms with E-state index >= 15 is 0 Å². The molecule has 14 heavy (non-hydrogen) atoms. The van der Waals surface area contributed by atoms with Crippen LogP contribution in [0, 0.1) is 0 Å². The molecule has 1 heterocycles. The average molecular weight is 212 g/mol. The van der Waals surface area contributed by atoms with Crippen LogP contribution >= 0.6 is 11.3 Å². The maximum atomic E-state index is 10.5. The van der Waals surface area contributed by atoms with Crippen LogP contribution < -0.4 is 0 Å². The van der Waals surface area contributed by atoms with Crippen LogP contribution in [0.4, 0.5) is 0 Å².